The summed E-state index contributed by atoms with van der Waals surface area (Å²) in [6, 6.07) is 3.48. The molecule has 0 bridgehead atoms. The van der Waals surface area contributed by atoms with Crippen LogP contribution in [0.1, 0.15) is 5.56 Å². The summed E-state index contributed by atoms with van der Waals surface area (Å²) in [4.78, 5) is 25.1. The molecule has 0 atom stereocenters. The van der Waals surface area contributed by atoms with Crippen LogP contribution in [0, 0.1) is 6.92 Å². The molecule has 1 heterocycles. The molecule has 1 aromatic rings. The highest BCUT2D eigenvalue weighted by molar-refractivity contribution is 6.01. The first-order chi connectivity index (χ1) is 7.08. The molecule has 5 heteroatoms. The van der Waals surface area contributed by atoms with E-state index in [9.17, 15) is 9.59 Å². The fourth-order valence-corrected chi connectivity index (χ4v) is 0.919. The average Bonchev–Trinajstić information content (AvgIpc) is 2.15. The molecule has 0 aliphatic rings. The quantitative estimate of drug-likeness (QED) is 0.722. The van der Waals surface area contributed by atoms with Crippen LogP contribution in [0.15, 0.2) is 30.5 Å². The van der Waals surface area contributed by atoms with Crippen molar-refractivity contribution >= 4 is 17.7 Å². The smallest absolute Gasteiger partial charge is 0.328 e. The number of hydrogen-bond donors (Lipinski definition) is 2. The second-order valence-corrected chi connectivity index (χ2v) is 2.88. The number of nitrogens with one attached hydrogen (secondary N) is 1. The van der Waals surface area contributed by atoms with Crippen molar-refractivity contribution in [3.05, 3.63) is 36.0 Å². The molecule has 1 aromatic heterocycles. The van der Waals surface area contributed by atoms with E-state index in [1.165, 1.54) is 0 Å². The van der Waals surface area contributed by atoms with Gasteiger partial charge in [-0.15, -0.1) is 0 Å². The summed E-state index contributed by atoms with van der Waals surface area (Å²) in [5, 5.41) is 10.7. The summed E-state index contributed by atoms with van der Waals surface area (Å²) in [5.74, 6) is -1.28. The molecule has 0 unspecified atom stereocenters. The molecule has 1 rings (SSSR count). The van der Waals surface area contributed by atoms with Crippen LogP contribution in [0.4, 0.5) is 5.82 Å². The number of amides is 1. The van der Waals surface area contributed by atoms with Gasteiger partial charge in [-0.3, -0.25) is 4.79 Å². The number of nitrogens with zero attached hydrogens (tertiary/aromatic N) is 1. The molecule has 0 saturated heterocycles. The van der Waals surface area contributed by atoms with Crippen LogP contribution in [0.25, 0.3) is 0 Å². The van der Waals surface area contributed by atoms with Crippen molar-refractivity contribution in [2.75, 3.05) is 5.32 Å². The minimum Gasteiger partial charge on any atom is -0.478 e. The van der Waals surface area contributed by atoms with E-state index in [-0.39, 0.29) is 0 Å². The van der Waals surface area contributed by atoms with Crippen molar-refractivity contribution in [1.29, 1.82) is 0 Å². The minimum absolute atomic E-state index is 0.398. The van der Waals surface area contributed by atoms with Crippen LogP contribution in [0.2, 0.25) is 0 Å². The first-order valence-electron chi connectivity index (χ1n) is 4.22. The van der Waals surface area contributed by atoms with Crippen molar-refractivity contribution in [3.8, 4) is 0 Å². The monoisotopic (exact) mass is 206 g/mol. The van der Waals surface area contributed by atoms with Gasteiger partial charge in [0.2, 0.25) is 5.91 Å². The van der Waals surface area contributed by atoms with Gasteiger partial charge in [0.15, 0.2) is 0 Å². The molecular weight excluding hydrogens is 196 g/mol. The SMILES string of the molecule is Cc1ccnc(NC(=O)/C=C/C(=O)O)c1. The zero-order valence-electron chi connectivity index (χ0n) is 8.10. The third-order valence-corrected chi connectivity index (χ3v) is 1.54. The zero-order chi connectivity index (χ0) is 11.3. The van der Waals surface area contributed by atoms with Gasteiger partial charge in [-0.05, 0) is 24.6 Å². The maximum atomic E-state index is 11.1. The Morgan fingerprint density at radius 2 is 2.20 bits per heavy atom. The largest absolute Gasteiger partial charge is 0.478 e. The van der Waals surface area contributed by atoms with Gasteiger partial charge in [0.1, 0.15) is 5.82 Å². The fraction of sp³-hybridized carbons (Fsp3) is 0.100. The first kappa shape index (κ1) is 10.9. The lowest BCUT2D eigenvalue weighted by Gasteiger charge is -2.00. The summed E-state index contributed by atoms with van der Waals surface area (Å²) in [6.07, 6.45) is 3.27. The third-order valence-electron chi connectivity index (χ3n) is 1.54. The highest BCUT2D eigenvalue weighted by Crippen LogP contribution is 2.04. The van der Waals surface area contributed by atoms with Gasteiger partial charge in [-0.25, -0.2) is 9.78 Å². The Labute approximate surface area is 86.5 Å². The van der Waals surface area contributed by atoms with Crippen LogP contribution in [-0.2, 0) is 9.59 Å². The van der Waals surface area contributed by atoms with E-state index in [0.717, 1.165) is 17.7 Å². The zero-order valence-corrected chi connectivity index (χ0v) is 8.10. The van der Waals surface area contributed by atoms with Gasteiger partial charge in [0.25, 0.3) is 0 Å². The number of carbonyl (C=O) groups excluding carboxylic acids is 1. The lowest BCUT2D eigenvalue weighted by molar-refractivity contribution is -0.131. The summed E-state index contributed by atoms with van der Waals surface area (Å²) in [7, 11) is 0. The van der Waals surface area contributed by atoms with Crippen molar-refractivity contribution < 1.29 is 14.7 Å². The van der Waals surface area contributed by atoms with Crippen molar-refractivity contribution in [1.82, 2.24) is 4.98 Å². The maximum Gasteiger partial charge on any atom is 0.328 e. The number of pyridine rings is 1. The first-order valence-corrected chi connectivity index (χ1v) is 4.22. The normalized spacial score (nSPS) is 10.2. The second kappa shape index (κ2) is 4.90. The number of anilines is 1. The van der Waals surface area contributed by atoms with Gasteiger partial charge >= 0.3 is 5.97 Å². The summed E-state index contributed by atoms with van der Waals surface area (Å²) in [6.45, 7) is 1.87. The van der Waals surface area contributed by atoms with E-state index in [1.54, 1.807) is 18.3 Å². The summed E-state index contributed by atoms with van der Waals surface area (Å²) >= 11 is 0. The molecule has 78 valence electrons. The molecule has 0 aromatic carbocycles. The topological polar surface area (TPSA) is 79.3 Å². The van der Waals surface area contributed by atoms with Gasteiger partial charge < -0.3 is 10.4 Å². The van der Waals surface area contributed by atoms with Gasteiger partial charge in [0.05, 0.1) is 0 Å². The Hall–Kier alpha value is -2.17. The Balaban J connectivity index is 2.63. The predicted octanol–water partition coefficient (Wildman–Crippen LogP) is 0.969. The highest BCUT2D eigenvalue weighted by Gasteiger charge is 1.99. The van der Waals surface area contributed by atoms with E-state index >= 15 is 0 Å². The number of aryl methyl sites for hydroxylation is 1. The van der Waals surface area contributed by atoms with Crippen LogP contribution < -0.4 is 5.32 Å². The van der Waals surface area contributed by atoms with E-state index in [0.29, 0.717) is 5.82 Å². The highest BCUT2D eigenvalue weighted by atomic mass is 16.4. The van der Waals surface area contributed by atoms with Gasteiger partial charge in [-0.1, -0.05) is 0 Å². The number of carboxylic acid groups (broad SMARTS) is 1. The minimum atomic E-state index is -1.16. The Morgan fingerprint density at radius 1 is 1.47 bits per heavy atom. The molecule has 0 aliphatic heterocycles. The predicted molar refractivity (Wildman–Crippen MR) is 54.4 cm³/mol. The van der Waals surface area contributed by atoms with Crippen LogP contribution >= 0.6 is 0 Å². The molecule has 0 spiro atoms. The van der Waals surface area contributed by atoms with E-state index in [4.69, 9.17) is 5.11 Å². The molecule has 2 N–H and O–H groups in total. The maximum absolute atomic E-state index is 11.1. The Kier molecular flexibility index (Phi) is 3.56. The number of rotatable bonds is 3. The Morgan fingerprint density at radius 3 is 2.80 bits per heavy atom. The molecule has 0 fully saturated rings. The van der Waals surface area contributed by atoms with E-state index in [1.807, 2.05) is 6.92 Å². The molecule has 5 nitrogen and oxygen atoms in total. The molecule has 0 saturated carbocycles. The molecule has 1 amide bonds. The number of aromatic nitrogens is 1. The second-order valence-electron chi connectivity index (χ2n) is 2.88. The number of aliphatic carboxylic acids is 1. The number of carboxylic acids is 1. The fourth-order valence-electron chi connectivity index (χ4n) is 0.919. The van der Waals surface area contributed by atoms with Crippen LogP contribution in [-0.4, -0.2) is 22.0 Å². The lowest BCUT2D eigenvalue weighted by Crippen LogP contribution is -2.09. The molecule has 0 aliphatic carbocycles. The summed E-state index contributed by atoms with van der Waals surface area (Å²) < 4.78 is 0. The third kappa shape index (κ3) is 4.04. The Bertz CT molecular complexity index is 413. The number of carbonyl (C=O) groups is 2. The molecule has 15 heavy (non-hydrogen) atoms. The van der Waals surface area contributed by atoms with Crippen LogP contribution in [0.3, 0.4) is 0 Å². The van der Waals surface area contributed by atoms with E-state index in [2.05, 4.69) is 10.3 Å². The van der Waals surface area contributed by atoms with Crippen molar-refractivity contribution in [2.24, 2.45) is 0 Å². The van der Waals surface area contributed by atoms with Crippen molar-refractivity contribution in [2.45, 2.75) is 6.92 Å². The van der Waals surface area contributed by atoms with Crippen molar-refractivity contribution in [3.63, 3.8) is 0 Å². The molecule has 0 radical (unpaired) electrons. The number of hydrogen-bond acceptors (Lipinski definition) is 3. The molecular formula is C10H10N2O3. The average molecular weight is 206 g/mol. The van der Waals surface area contributed by atoms with Crippen LogP contribution in [0.5, 0.6) is 0 Å². The lowest BCUT2D eigenvalue weighted by atomic mass is 10.3. The van der Waals surface area contributed by atoms with Gasteiger partial charge in [0, 0.05) is 18.3 Å². The van der Waals surface area contributed by atoms with E-state index < -0.39 is 11.9 Å². The summed E-state index contributed by atoms with van der Waals surface area (Å²) in [5.41, 5.74) is 0.961. The standard InChI is InChI=1S/C10H10N2O3/c1-7-4-5-11-8(6-7)12-9(13)2-3-10(14)15/h2-6H,1H3,(H,14,15)(H,11,12,13)/b3-2+. The van der Waals surface area contributed by atoms with Gasteiger partial charge in [-0.2, -0.15) is 0 Å².